The lowest BCUT2D eigenvalue weighted by atomic mass is 10.3. The predicted octanol–water partition coefficient (Wildman–Crippen LogP) is -0.571. The van der Waals surface area contributed by atoms with Crippen molar-refractivity contribution < 1.29 is 14.6 Å². The summed E-state index contributed by atoms with van der Waals surface area (Å²) in [6.45, 7) is 0.286. The van der Waals surface area contributed by atoms with Crippen LogP contribution in [0.1, 0.15) is 0 Å². The number of amides is 1. The van der Waals surface area contributed by atoms with Gasteiger partial charge in [0, 0.05) is 7.05 Å². The van der Waals surface area contributed by atoms with E-state index in [2.05, 4.69) is 4.74 Å². The molecule has 52 valence electrons. The maximum atomic E-state index is 10.5. The van der Waals surface area contributed by atoms with Gasteiger partial charge in [0.25, 0.3) is 0 Å². The van der Waals surface area contributed by atoms with E-state index in [4.69, 9.17) is 5.11 Å². The van der Waals surface area contributed by atoms with E-state index in [1.54, 1.807) is 7.05 Å². The molecule has 0 aromatic carbocycles. The van der Waals surface area contributed by atoms with Crippen LogP contribution >= 0.6 is 0 Å². The summed E-state index contributed by atoms with van der Waals surface area (Å²) < 4.78 is 4.60. The molecule has 1 heterocycles. The summed E-state index contributed by atoms with van der Waals surface area (Å²) in [6.07, 6.45) is -0.353. The summed E-state index contributed by atoms with van der Waals surface area (Å²) in [5.74, 6) is 0. The number of carbonyl (C=O) groups excluding carboxylic acids is 1. The van der Waals surface area contributed by atoms with Gasteiger partial charge in [0.05, 0.1) is 12.6 Å². The van der Waals surface area contributed by atoms with Crippen LogP contribution in [0.4, 0.5) is 4.79 Å². The first-order chi connectivity index (χ1) is 4.25. The van der Waals surface area contributed by atoms with Gasteiger partial charge in [0.15, 0.2) is 0 Å². The molecule has 0 aromatic rings. The quantitative estimate of drug-likeness (QED) is 0.518. The highest BCUT2D eigenvalue weighted by molar-refractivity contribution is 5.69. The molecular formula is C5H9NO3. The average molecular weight is 131 g/mol. The number of aliphatic hydroxyl groups is 1. The van der Waals surface area contributed by atoms with Gasteiger partial charge in [-0.3, -0.25) is 0 Å². The van der Waals surface area contributed by atoms with Gasteiger partial charge in [-0.2, -0.15) is 0 Å². The van der Waals surface area contributed by atoms with Gasteiger partial charge >= 0.3 is 6.09 Å². The van der Waals surface area contributed by atoms with E-state index in [0.717, 1.165) is 0 Å². The lowest BCUT2D eigenvalue weighted by Crippen LogP contribution is -2.31. The molecule has 1 rings (SSSR count). The maximum absolute atomic E-state index is 10.5. The van der Waals surface area contributed by atoms with Gasteiger partial charge in [0.2, 0.25) is 0 Å². The summed E-state index contributed by atoms with van der Waals surface area (Å²) in [6, 6.07) is -0.141. The summed E-state index contributed by atoms with van der Waals surface area (Å²) in [5, 5.41) is 8.58. The van der Waals surface area contributed by atoms with Crippen molar-refractivity contribution in [1.29, 1.82) is 0 Å². The van der Waals surface area contributed by atoms with Gasteiger partial charge in [0.1, 0.15) is 6.61 Å². The average Bonchev–Trinajstić information content (AvgIpc) is 2.15. The second kappa shape index (κ2) is 2.23. The van der Waals surface area contributed by atoms with Crippen LogP contribution in [0.5, 0.6) is 0 Å². The Bertz CT molecular complexity index is 125. The lowest BCUT2D eigenvalue weighted by molar-refractivity contribution is 0.162. The minimum Gasteiger partial charge on any atom is -0.447 e. The van der Waals surface area contributed by atoms with Crippen LogP contribution in [-0.2, 0) is 4.74 Å². The van der Waals surface area contributed by atoms with Crippen LogP contribution < -0.4 is 0 Å². The topological polar surface area (TPSA) is 49.8 Å². The Morgan fingerprint density at radius 2 is 2.67 bits per heavy atom. The monoisotopic (exact) mass is 131 g/mol. The Kier molecular flexibility index (Phi) is 1.57. The van der Waals surface area contributed by atoms with Crippen molar-refractivity contribution in [2.45, 2.75) is 6.04 Å². The molecule has 1 aliphatic rings. The molecule has 1 N–H and O–H groups in total. The Morgan fingerprint density at radius 3 is 2.89 bits per heavy atom. The largest absolute Gasteiger partial charge is 0.447 e. The van der Waals surface area contributed by atoms with Gasteiger partial charge in [-0.05, 0) is 0 Å². The number of likely N-dealkylation sites (N-methyl/N-ethyl adjacent to an activating group) is 1. The van der Waals surface area contributed by atoms with E-state index in [-0.39, 0.29) is 18.7 Å². The Balaban J connectivity index is 2.51. The highest BCUT2D eigenvalue weighted by atomic mass is 16.6. The molecule has 1 atom stereocenters. The first-order valence-corrected chi connectivity index (χ1v) is 2.76. The second-order valence-corrected chi connectivity index (χ2v) is 2.02. The fourth-order valence-electron chi connectivity index (χ4n) is 0.705. The van der Waals surface area contributed by atoms with Crippen molar-refractivity contribution >= 4 is 6.09 Å². The van der Waals surface area contributed by atoms with Crippen LogP contribution in [0.15, 0.2) is 0 Å². The van der Waals surface area contributed by atoms with E-state index in [1.807, 2.05) is 0 Å². The van der Waals surface area contributed by atoms with Crippen molar-refractivity contribution in [2.75, 3.05) is 20.3 Å². The van der Waals surface area contributed by atoms with E-state index in [1.165, 1.54) is 4.90 Å². The Morgan fingerprint density at radius 1 is 2.00 bits per heavy atom. The fraction of sp³-hybridized carbons (Fsp3) is 0.800. The molecule has 0 aliphatic carbocycles. The highest BCUT2D eigenvalue weighted by Gasteiger charge is 2.28. The number of hydrogen-bond acceptors (Lipinski definition) is 3. The lowest BCUT2D eigenvalue weighted by Gasteiger charge is -2.11. The molecule has 1 aliphatic heterocycles. The molecule has 0 spiro atoms. The molecule has 0 radical (unpaired) electrons. The minimum absolute atomic E-state index is 0.0256. The van der Waals surface area contributed by atoms with Crippen molar-refractivity contribution in [1.82, 2.24) is 4.90 Å². The smallest absolute Gasteiger partial charge is 0.410 e. The first-order valence-electron chi connectivity index (χ1n) is 2.76. The number of aliphatic hydroxyl groups excluding tert-OH is 1. The standard InChI is InChI=1S/C5H9NO3/c1-6-4(2-7)3-9-5(6)8/h4,7H,2-3H2,1H3/t4-/m1/s1. The van der Waals surface area contributed by atoms with Crippen molar-refractivity contribution in [3.63, 3.8) is 0 Å². The van der Waals surface area contributed by atoms with E-state index in [9.17, 15) is 4.79 Å². The normalized spacial score (nSPS) is 26.7. The van der Waals surface area contributed by atoms with Gasteiger partial charge in [-0.15, -0.1) is 0 Å². The van der Waals surface area contributed by atoms with Gasteiger partial charge < -0.3 is 14.7 Å². The van der Waals surface area contributed by atoms with E-state index >= 15 is 0 Å². The zero-order chi connectivity index (χ0) is 6.85. The first kappa shape index (κ1) is 6.35. The molecule has 4 heteroatoms. The SMILES string of the molecule is CN1C(=O)OC[C@H]1CO. The number of cyclic esters (lactones) is 1. The van der Waals surface area contributed by atoms with Crippen LogP contribution in [0.2, 0.25) is 0 Å². The predicted molar refractivity (Wildman–Crippen MR) is 30.0 cm³/mol. The molecule has 0 saturated carbocycles. The summed E-state index contributed by atoms with van der Waals surface area (Å²) in [5.41, 5.74) is 0. The molecule has 1 saturated heterocycles. The number of rotatable bonds is 1. The molecule has 0 aromatic heterocycles. The summed E-state index contributed by atoms with van der Waals surface area (Å²) in [7, 11) is 1.61. The number of nitrogens with zero attached hydrogens (tertiary/aromatic N) is 1. The molecule has 4 nitrogen and oxygen atoms in total. The van der Waals surface area contributed by atoms with Crippen LogP contribution in [0.3, 0.4) is 0 Å². The van der Waals surface area contributed by atoms with Gasteiger partial charge in [-0.25, -0.2) is 4.79 Å². The minimum atomic E-state index is -0.353. The summed E-state index contributed by atoms with van der Waals surface area (Å²) in [4.78, 5) is 11.9. The Hall–Kier alpha value is -0.770. The Labute approximate surface area is 53.0 Å². The van der Waals surface area contributed by atoms with Gasteiger partial charge in [-0.1, -0.05) is 0 Å². The summed E-state index contributed by atoms with van der Waals surface area (Å²) >= 11 is 0. The van der Waals surface area contributed by atoms with E-state index in [0.29, 0.717) is 6.61 Å². The highest BCUT2D eigenvalue weighted by Crippen LogP contribution is 2.07. The van der Waals surface area contributed by atoms with Crippen LogP contribution in [-0.4, -0.2) is 42.4 Å². The molecular weight excluding hydrogens is 122 g/mol. The third kappa shape index (κ3) is 0.977. The van der Waals surface area contributed by atoms with Crippen molar-refractivity contribution in [3.05, 3.63) is 0 Å². The molecule has 1 fully saturated rings. The molecule has 1 amide bonds. The number of hydrogen-bond donors (Lipinski definition) is 1. The third-order valence-electron chi connectivity index (χ3n) is 1.45. The maximum Gasteiger partial charge on any atom is 0.410 e. The molecule has 0 unspecified atom stereocenters. The number of carbonyl (C=O) groups is 1. The zero-order valence-corrected chi connectivity index (χ0v) is 5.20. The van der Waals surface area contributed by atoms with E-state index < -0.39 is 0 Å². The molecule has 0 bridgehead atoms. The zero-order valence-electron chi connectivity index (χ0n) is 5.20. The van der Waals surface area contributed by atoms with Crippen molar-refractivity contribution in [3.8, 4) is 0 Å². The fourth-order valence-corrected chi connectivity index (χ4v) is 0.705. The number of ether oxygens (including phenoxy) is 1. The van der Waals surface area contributed by atoms with Crippen LogP contribution in [0, 0.1) is 0 Å². The third-order valence-corrected chi connectivity index (χ3v) is 1.45. The second-order valence-electron chi connectivity index (χ2n) is 2.02. The molecule has 9 heavy (non-hydrogen) atoms. The van der Waals surface area contributed by atoms with Crippen molar-refractivity contribution in [2.24, 2.45) is 0 Å². The van der Waals surface area contributed by atoms with Crippen LogP contribution in [0.25, 0.3) is 0 Å².